The van der Waals surface area contributed by atoms with Crippen molar-refractivity contribution < 1.29 is 4.74 Å². The van der Waals surface area contributed by atoms with Crippen molar-refractivity contribution in [2.45, 2.75) is 43.7 Å². The van der Waals surface area contributed by atoms with Crippen LogP contribution in [0.5, 0.6) is 5.75 Å². The van der Waals surface area contributed by atoms with Crippen molar-refractivity contribution in [2.75, 3.05) is 0 Å². The van der Waals surface area contributed by atoms with Crippen LogP contribution in [-0.2, 0) is 0 Å². The van der Waals surface area contributed by atoms with Gasteiger partial charge in [-0.3, -0.25) is 0 Å². The van der Waals surface area contributed by atoms with Gasteiger partial charge in [0.1, 0.15) is 11.9 Å². The Bertz CT molecular complexity index is 353. The molecule has 2 fully saturated rings. The minimum Gasteiger partial charge on any atom is -0.490 e. The number of nitrogens with two attached hydrogens (primary N) is 1. The molecule has 0 unspecified atom stereocenters. The highest BCUT2D eigenvalue weighted by molar-refractivity contribution is 5.33. The van der Waals surface area contributed by atoms with Gasteiger partial charge in [-0.25, -0.2) is 0 Å². The molecule has 2 heteroatoms. The van der Waals surface area contributed by atoms with Gasteiger partial charge in [0.2, 0.25) is 0 Å². The molecular weight excluding hydrogens is 186 g/mol. The third-order valence-corrected chi connectivity index (χ3v) is 3.34. The maximum absolute atomic E-state index is 5.86. The molecular formula is C13H17NO. The van der Waals surface area contributed by atoms with Crippen molar-refractivity contribution in [1.82, 2.24) is 0 Å². The molecule has 0 bridgehead atoms. The molecule has 15 heavy (non-hydrogen) atoms. The fourth-order valence-electron chi connectivity index (χ4n) is 2.15. The fraction of sp³-hybridized carbons (Fsp3) is 0.538. The Morgan fingerprint density at radius 1 is 1.20 bits per heavy atom. The number of ether oxygens (including phenoxy) is 1. The Kier molecular flexibility index (Phi) is 2.17. The number of hydrogen-bond acceptors (Lipinski definition) is 2. The average molecular weight is 203 g/mol. The van der Waals surface area contributed by atoms with E-state index >= 15 is 0 Å². The van der Waals surface area contributed by atoms with Crippen LogP contribution in [0.3, 0.4) is 0 Å². The van der Waals surface area contributed by atoms with E-state index in [4.69, 9.17) is 10.5 Å². The Morgan fingerprint density at radius 3 is 2.67 bits per heavy atom. The summed E-state index contributed by atoms with van der Waals surface area (Å²) in [7, 11) is 0. The van der Waals surface area contributed by atoms with Crippen LogP contribution in [0.25, 0.3) is 0 Å². The van der Waals surface area contributed by atoms with Gasteiger partial charge in [-0.05, 0) is 49.3 Å². The van der Waals surface area contributed by atoms with Crippen LogP contribution in [0.15, 0.2) is 24.3 Å². The molecule has 0 radical (unpaired) electrons. The molecule has 2 aliphatic carbocycles. The lowest BCUT2D eigenvalue weighted by atomic mass is 9.90. The SMILES string of the molecule is N[C@H]1C[C@H](Oc2cccc(C3CC3)c2)C1. The molecule has 0 atom stereocenters. The van der Waals surface area contributed by atoms with Gasteiger partial charge in [0.15, 0.2) is 0 Å². The van der Waals surface area contributed by atoms with E-state index in [1.165, 1.54) is 18.4 Å². The van der Waals surface area contributed by atoms with E-state index in [0.29, 0.717) is 12.1 Å². The molecule has 0 aromatic heterocycles. The van der Waals surface area contributed by atoms with Gasteiger partial charge in [-0.2, -0.15) is 0 Å². The molecule has 2 nitrogen and oxygen atoms in total. The van der Waals surface area contributed by atoms with Gasteiger partial charge < -0.3 is 10.5 Å². The first-order valence-corrected chi connectivity index (χ1v) is 5.83. The Morgan fingerprint density at radius 2 is 2.00 bits per heavy atom. The lowest BCUT2D eigenvalue weighted by Crippen LogP contribution is -2.43. The Labute approximate surface area is 90.4 Å². The lowest BCUT2D eigenvalue weighted by molar-refractivity contribution is 0.101. The first kappa shape index (κ1) is 9.22. The summed E-state index contributed by atoms with van der Waals surface area (Å²) in [5.41, 5.74) is 7.17. The largest absolute Gasteiger partial charge is 0.490 e. The fourth-order valence-corrected chi connectivity index (χ4v) is 2.15. The minimum atomic E-state index is 0.356. The normalized spacial score (nSPS) is 29.7. The molecule has 2 N–H and O–H groups in total. The first-order chi connectivity index (χ1) is 7.31. The van der Waals surface area contributed by atoms with E-state index in [1.807, 2.05) is 0 Å². The van der Waals surface area contributed by atoms with E-state index in [9.17, 15) is 0 Å². The zero-order valence-corrected chi connectivity index (χ0v) is 8.86. The summed E-state index contributed by atoms with van der Waals surface area (Å²) in [5.74, 6) is 1.83. The Hall–Kier alpha value is -1.02. The van der Waals surface area contributed by atoms with Crippen molar-refractivity contribution >= 4 is 0 Å². The van der Waals surface area contributed by atoms with Gasteiger partial charge >= 0.3 is 0 Å². The van der Waals surface area contributed by atoms with Gasteiger partial charge in [-0.1, -0.05) is 12.1 Å². The van der Waals surface area contributed by atoms with Crippen molar-refractivity contribution in [3.63, 3.8) is 0 Å². The molecule has 2 saturated carbocycles. The van der Waals surface area contributed by atoms with E-state index in [0.717, 1.165) is 24.5 Å². The maximum Gasteiger partial charge on any atom is 0.120 e. The van der Waals surface area contributed by atoms with Crippen molar-refractivity contribution in [3.8, 4) is 5.75 Å². The van der Waals surface area contributed by atoms with Gasteiger partial charge in [0.25, 0.3) is 0 Å². The molecule has 0 spiro atoms. The van der Waals surface area contributed by atoms with Crippen LogP contribution in [0.2, 0.25) is 0 Å². The second-order valence-corrected chi connectivity index (χ2v) is 4.82. The summed E-state index contributed by atoms with van der Waals surface area (Å²) < 4.78 is 5.86. The smallest absolute Gasteiger partial charge is 0.120 e. The highest BCUT2D eigenvalue weighted by Crippen LogP contribution is 2.41. The van der Waals surface area contributed by atoms with Gasteiger partial charge in [0.05, 0.1) is 0 Å². The van der Waals surface area contributed by atoms with Crippen molar-refractivity contribution in [3.05, 3.63) is 29.8 Å². The van der Waals surface area contributed by atoms with Gasteiger partial charge in [-0.15, -0.1) is 0 Å². The van der Waals surface area contributed by atoms with Crippen LogP contribution in [0, 0.1) is 0 Å². The van der Waals surface area contributed by atoms with Crippen LogP contribution < -0.4 is 10.5 Å². The molecule has 1 aromatic rings. The van der Waals surface area contributed by atoms with Crippen LogP contribution in [0.1, 0.15) is 37.2 Å². The van der Waals surface area contributed by atoms with E-state index in [-0.39, 0.29) is 0 Å². The molecule has 0 saturated heterocycles. The number of benzene rings is 1. The summed E-state index contributed by atoms with van der Waals surface area (Å²) >= 11 is 0. The van der Waals surface area contributed by atoms with E-state index in [1.54, 1.807) is 0 Å². The third kappa shape index (κ3) is 2.00. The third-order valence-electron chi connectivity index (χ3n) is 3.34. The monoisotopic (exact) mass is 203 g/mol. The van der Waals surface area contributed by atoms with Gasteiger partial charge in [0, 0.05) is 6.04 Å². The predicted molar refractivity (Wildman–Crippen MR) is 60.0 cm³/mol. The van der Waals surface area contributed by atoms with E-state index in [2.05, 4.69) is 24.3 Å². The van der Waals surface area contributed by atoms with Crippen LogP contribution in [-0.4, -0.2) is 12.1 Å². The lowest BCUT2D eigenvalue weighted by Gasteiger charge is -2.32. The molecule has 0 aliphatic heterocycles. The summed E-state index contributed by atoms with van der Waals surface area (Å²) in [6.07, 6.45) is 5.06. The average Bonchev–Trinajstić information content (AvgIpc) is 2.99. The molecule has 80 valence electrons. The van der Waals surface area contributed by atoms with Crippen LogP contribution >= 0.6 is 0 Å². The zero-order valence-electron chi connectivity index (χ0n) is 8.86. The molecule has 3 rings (SSSR count). The molecule has 2 aliphatic rings. The molecule has 0 amide bonds. The first-order valence-electron chi connectivity index (χ1n) is 5.83. The quantitative estimate of drug-likeness (QED) is 0.819. The summed E-state index contributed by atoms with van der Waals surface area (Å²) in [6, 6.07) is 8.91. The van der Waals surface area contributed by atoms with E-state index < -0.39 is 0 Å². The second kappa shape index (κ2) is 3.53. The maximum atomic E-state index is 5.86. The summed E-state index contributed by atoms with van der Waals surface area (Å²) in [4.78, 5) is 0. The minimum absolute atomic E-state index is 0.356. The van der Waals surface area contributed by atoms with Crippen molar-refractivity contribution in [2.24, 2.45) is 5.73 Å². The number of rotatable bonds is 3. The summed E-state index contributed by atoms with van der Waals surface area (Å²) in [6.45, 7) is 0. The number of hydrogen-bond donors (Lipinski definition) is 1. The summed E-state index contributed by atoms with van der Waals surface area (Å²) in [5, 5.41) is 0. The zero-order chi connectivity index (χ0) is 10.3. The standard InChI is InChI=1S/C13H17NO/c14-11-7-13(8-11)15-12-3-1-2-10(6-12)9-4-5-9/h1-3,6,9,11,13H,4-5,7-8,14H2/t11-,13-. The highest BCUT2D eigenvalue weighted by atomic mass is 16.5. The predicted octanol–water partition coefficient (Wildman–Crippen LogP) is 2.43. The second-order valence-electron chi connectivity index (χ2n) is 4.82. The molecule has 1 aromatic carbocycles. The van der Waals surface area contributed by atoms with Crippen LogP contribution in [0.4, 0.5) is 0 Å². The Balaban J connectivity index is 1.66. The van der Waals surface area contributed by atoms with Crippen molar-refractivity contribution in [1.29, 1.82) is 0 Å². The highest BCUT2D eigenvalue weighted by Gasteiger charge is 2.28. The topological polar surface area (TPSA) is 35.2 Å². The molecule has 0 heterocycles.